The highest BCUT2D eigenvalue weighted by atomic mass is 19.1. The van der Waals surface area contributed by atoms with E-state index in [1.807, 2.05) is 0 Å². The first-order chi connectivity index (χ1) is 7.69. The molecule has 4 heteroatoms. The van der Waals surface area contributed by atoms with Crippen molar-refractivity contribution in [2.45, 2.75) is 44.4 Å². The van der Waals surface area contributed by atoms with Gasteiger partial charge in [-0.2, -0.15) is 0 Å². The Labute approximate surface area is 94.7 Å². The summed E-state index contributed by atoms with van der Waals surface area (Å²) in [7, 11) is 0. The molecule has 0 aromatic carbocycles. The molecule has 1 fully saturated rings. The van der Waals surface area contributed by atoms with Gasteiger partial charge in [0.1, 0.15) is 5.82 Å². The van der Waals surface area contributed by atoms with E-state index in [0.717, 1.165) is 25.0 Å². The van der Waals surface area contributed by atoms with E-state index in [9.17, 15) is 9.50 Å². The number of aliphatic hydroxyl groups is 1. The summed E-state index contributed by atoms with van der Waals surface area (Å²) in [6.45, 7) is 2.07. The molecular formula is C12H17FN2O. The molecule has 0 radical (unpaired) electrons. The Bertz CT molecular complexity index is 335. The number of nitrogens with zero attached hydrogens (tertiary/aromatic N) is 1. The Balaban J connectivity index is 1.96. The Morgan fingerprint density at radius 1 is 1.56 bits per heavy atom. The van der Waals surface area contributed by atoms with E-state index in [1.54, 1.807) is 6.07 Å². The molecule has 1 saturated carbocycles. The first-order valence-corrected chi connectivity index (χ1v) is 5.74. The third kappa shape index (κ3) is 2.57. The van der Waals surface area contributed by atoms with Crippen LogP contribution in [0.15, 0.2) is 18.3 Å². The van der Waals surface area contributed by atoms with Crippen LogP contribution in [0.25, 0.3) is 0 Å². The minimum atomic E-state index is -0.308. The zero-order valence-electron chi connectivity index (χ0n) is 9.36. The van der Waals surface area contributed by atoms with Crippen LogP contribution < -0.4 is 5.32 Å². The molecule has 16 heavy (non-hydrogen) atoms. The fraction of sp³-hybridized carbons (Fsp3) is 0.583. The Morgan fingerprint density at radius 3 is 2.81 bits per heavy atom. The average molecular weight is 224 g/mol. The van der Waals surface area contributed by atoms with Crippen LogP contribution in [-0.4, -0.2) is 22.2 Å². The van der Waals surface area contributed by atoms with Gasteiger partial charge >= 0.3 is 0 Å². The van der Waals surface area contributed by atoms with Crippen LogP contribution in [0.5, 0.6) is 0 Å². The first kappa shape index (κ1) is 11.5. The Kier molecular flexibility index (Phi) is 3.51. The van der Waals surface area contributed by atoms with E-state index < -0.39 is 0 Å². The van der Waals surface area contributed by atoms with Crippen molar-refractivity contribution in [2.75, 3.05) is 0 Å². The summed E-state index contributed by atoms with van der Waals surface area (Å²) in [5.41, 5.74) is 0.866. The third-order valence-electron chi connectivity index (χ3n) is 3.07. The molecule has 88 valence electrons. The lowest BCUT2D eigenvalue weighted by atomic mass is 9.88. The highest BCUT2D eigenvalue weighted by Crippen LogP contribution is 2.24. The van der Waals surface area contributed by atoms with Gasteiger partial charge in [-0.3, -0.25) is 4.98 Å². The zero-order valence-corrected chi connectivity index (χ0v) is 9.36. The number of rotatable bonds is 4. The van der Waals surface area contributed by atoms with Gasteiger partial charge in [0.05, 0.1) is 18.0 Å². The van der Waals surface area contributed by atoms with Crippen LogP contribution in [0.2, 0.25) is 0 Å². The summed E-state index contributed by atoms with van der Waals surface area (Å²) < 4.78 is 12.7. The third-order valence-corrected chi connectivity index (χ3v) is 3.07. The van der Waals surface area contributed by atoms with Gasteiger partial charge in [0.25, 0.3) is 0 Å². The van der Waals surface area contributed by atoms with Gasteiger partial charge in [-0.1, -0.05) is 6.92 Å². The maximum absolute atomic E-state index is 12.7. The molecule has 1 atom stereocenters. The van der Waals surface area contributed by atoms with Crippen LogP contribution in [0.3, 0.4) is 0 Å². The van der Waals surface area contributed by atoms with Crippen LogP contribution in [0.4, 0.5) is 4.39 Å². The van der Waals surface area contributed by atoms with E-state index in [0.29, 0.717) is 6.04 Å². The van der Waals surface area contributed by atoms with E-state index in [1.165, 1.54) is 12.3 Å². The number of hydrogen-bond acceptors (Lipinski definition) is 3. The van der Waals surface area contributed by atoms with Gasteiger partial charge in [-0.15, -0.1) is 0 Å². The highest BCUT2D eigenvalue weighted by molar-refractivity contribution is 5.10. The molecular weight excluding hydrogens is 207 g/mol. The summed E-state index contributed by atoms with van der Waals surface area (Å²) in [5.74, 6) is -0.308. The molecule has 0 spiro atoms. The van der Waals surface area contributed by atoms with Crippen molar-refractivity contribution >= 4 is 0 Å². The average Bonchev–Trinajstić information content (AvgIpc) is 2.24. The SMILES string of the molecule is CCC(NC1CC(O)C1)c1ccc(F)cn1. The van der Waals surface area contributed by atoms with Crippen molar-refractivity contribution in [3.8, 4) is 0 Å². The van der Waals surface area contributed by atoms with Gasteiger partial charge < -0.3 is 10.4 Å². The minimum absolute atomic E-state index is 0.151. The summed E-state index contributed by atoms with van der Waals surface area (Å²) in [6.07, 6.45) is 3.60. The fourth-order valence-electron chi connectivity index (χ4n) is 2.01. The van der Waals surface area contributed by atoms with Crippen LogP contribution in [0, 0.1) is 5.82 Å². The summed E-state index contributed by atoms with van der Waals surface area (Å²) in [6, 6.07) is 3.67. The standard InChI is InChI=1S/C12H17FN2O/c1-2-11(15-9-5-10(16)6-9)12-4-3-8(13)7-14-12/h3-4,7,9-11,15-16H,2,5-6H2,1H3. The quantitative estimate of drug-likeness (QED) is 0.819. The lowest BCUT2D eigenvalue weighted by molar-refractivity contribution is 0.0571. The molecule has 1 heterocycles. The summed E-state index contributed by atoms with van der Waals surface area (Å²) in [5, 5.41) is 12.6. The minimum Gasteiger partial charge on any atom is -0.393 e. The maximum atomic E-state index is 12.7. The van der Waals surface area contributed by atoms with Gasteiger partial charge in [-0.05, 0) is 31.4 Å². The smallest absolute Gasteiger partial charge is 0.141 e. The number of aliphatic hydroxyl groups excluding tert-OH is 1. The van der Waals surface area contributed by atoms with Crippen molar-refractivity contribution < 1.29 is 9.50 Å². The lowest BCUT2D eigenvalue weighted by Crippen LogP contribution is -2.45. The number of nitrogens with one attached hydrogen (secondary N) is 1. The number of aromatic nitrogens is 1. The molecule has 1 aliphatic rings. The maximum Gasteiger partial charge on any atom is 0.141 e. The number of halogens is 1. The van der Waals surface area contributed by atoms with Crippen molar-refractivity contribution in [1.29, 1.82) is 0 Å². The fourth-order valence-corrected chi connectivity index (χ4v) is 2.01. The van der Waals surface area contributed by atoms with Crippen LogP contribution >= 0.6 is 0 Å². The van der Waals surface area contributed by atoms with E-state index in [2.05, 4.69) is 17.2 Å². The second-order valence-electron chi connectivity index (χ2n) is 4.35. The van der Waals surface area contributed by atoms with Gasteiger partial charge in [-0.25, -0.2) is 4.39 Å². The van der Waals surface area contributed by atoms with Crippen molar-refractivity contribution in [1.82, 2.24) is 10.3 Å². The second-order valence-corrected chi connectivity index (χ2v) is 4.35. The monoisotopic (exact) mass is 224 g/mol. The second kappa shape index (κ2) is 4.89. The van der Waals surface area contributed by atoms with Crippen LogP contribution in [0.1, 0.15) is 37.9 Å². The molecule has 2 N–H and O–H groups in total. The molecule has 0 bridgehead atoms. The molecule has 0 amide bonds. The molecule has 1 aromatic heterocycles. The molecule has 1 aliphatic carbocycles. The highest BCUT2D eigenvalue weighted by Gasteiger charge is 2.29. The van der Waals surface area contributed by atoms with E-state index >= 15 is 0 Å². The molecule has 0 aliphatic heterocycles. The summed E-state index contributed by atoms with van der Waals surface area (Å²) >= 11 is 0. The predicted octanol–water partition coefficient (Wildman–Crippen LogP) is 1.78. The van der Waals surface area contributed by atoms with Gasteiger partial charge in [0.2, 0.25) is 0 Å². The Morgan fingerprint density at radius 2 is 2.31 bits per heavy atom. The molecule has 2 rings (SSSR count). The van der Waals surface area contributed by atoms with Crippen molar-refractivity contribution in [3.05, 3.63) is 29.8 Å². The topological polar surface area (TPSA) is 45.1 Å². The molecule has 1 aromatic rings. The predicted molar refractivity (Wildman–Crippen MR) is 59.4 cm³/mol. The largest absolute Gasteiger partial charge is 0.393 e. The van der Waals surface area contributed by atoms with Gasteiger partial charge in [0.15, 0.2) is 0 Å². The lowest BCUT2D eigenvalue weighted by Gasteiger charge is -2.35. The van der Waals surface area contributed by atoms with E-state index in [-0.39, 0.29) is 18.0 Å². The number of pyridine rings is 1. The summed E-state index contributed by atoms with van der Waals surface area (Å²) in [4.78, 5) is 4.08. The number of hydrogen-bond donors (Lipinski definition) is 2. The van der Waals surface area contributed by atoms with Crippen LogP contribution in [-0.2, 0) is 0 Å². The van der Waals surface area contributed by atoms with Crippen molar-refractivity contribution in [3.63, 3.8) is 0 Å². The zero-order chi connectivity index (χ0) is 11.5. The first-order valence-electron chi connectivity index (χ1n) is 5.74. The molecule has 0 saturated heterocycles. The Hall–Kier alpha value is -1.00. The van der Waals surface area contributed by atoms with E-state index in [4.69, 9.17) is 0 Å². The van der Waals surface area contributed by atoms with Crippen molar-refractivity contribution in [2.24, 2.45) is 0 Å². The van der Waals surface area contributed by atoms with Gasteiger partial charge in [0, 0.05) is 12.1 Å². The normalized spacial score (nSPS) is 26.2. The molecule has 1 unspecified atom stereocenters. The molecule has 3 nitrogen and oxygen atoms in total.